The molecule has 0 bridgehead atoms. The van der Waals surface area contributed by atoms with E-state index in [1.54, 1.807) is 0 Å². The van der Waals surface area contributed by atoms with Crippen molar-refractivity contribution in [2.75, 3.05) is 5.32 Å². The standard InChI is InChI=1S/C15H15Br2N/c1-10-5-3-6-12(11(10)2)9-18-15-13(16)7-4-8-14(15)17/h3-8,18H,9H2,1-2H3. The highest BCUT2D eigenvalue weighted by molar-refractivity contribution is 9.11. The molecular weight excluding hydrogens is 354 g/mol. The van der Waals surface area contributed by atoms with Crippen molar-refractivity contribution in [3.05, 3.63) is 62.0 Å². The fraction of sp³-hybridized carbons (Fsp3) is 0.200. The average Bonchev–Trinajstić information content (AvgIpc) is 2.33. The minimum absolute atomic E-state index is 0.828. The highest BCUT2D eigenvalue weighted by atomic mass is 79.9. The van der Waals surface area contributed by atoms with Gasteiger partial charge in [-0.05, 0) is 74.5 Å². The maximum atomic E-state index is 3.56. The van der Waals surface area contributed by atoms with E-state index in [0.717, 1.165) is 21.2 Å². The summed E-state index contributed by atoms with van der Waals surface area (Å²) in [4.78, 5) is 0. The van der Waals surface area contributed by atoms with Crippen molar-refractivity contribution < 1.29 is 0 Å². The van der Waals surface area contributed by atoms with Crippen LogP contribution in [0.5, 0.6) is 0 Å². The number of para-hydroxylation sites is 1. The minimum Gasteiger partial charge on any atom is -0.379 e. The van der Waals surface area contributed by atoms with Gasteiger partial charge in [0.2, 0.25) is 0 Å². The van der Waals surface area contributed by atoms with Gasteiger partial charge in [-0.1, -0.05) is 24.3 Å². The van der Waals surface area contributed by atoms with E-state index >= 15 is 0 Å². The normalized spacial score (nSPS) is 10.4. The van der Waals surface area contributed by atoms with Crippen LogP contribution < -0.4 is 5.32 Å². The average molecular weight is 369 g/mol. The zero-order valence-corrected chi connectivity index (χ0v) is 13.6. The van der Waals surface area contributed by atoms with E-state index in [0.29, 0.717) is 0 Å². The molecule has 0 amide bonds. The number of aryl methyl sites for hydroxylation is 1. The number of anilines is 1. The first kappa shape index (κ1) is 13.6. The Labute approximate surface area is 125 Å². The Kier molecular flexibility index (Phi) is 4.46. The van der Waals surface area contributed by atoms with Gasteiger partial charge in [-0.15, -0.1) is 0 Å². The molecule has 2 aromatic carbocycles. The van der Waals surface area contributed by atoms with Crippen LogP contribution in [0.2, 0.25) is 0 Å². The molecule has 0 spiro atoms. The Balaban J connectivity index is 2.19. The van der Waals surface area contributed by atoms with E-state index in [1.165, 1.54) is 16.7 Å². The molecule has 18 heavy (non-hydrogen) atoms. The lowest BCUT2D eigenvalue weighted by atomic mass is 10.0. The molecule has 1 nitrogen and oxygen atoms in total. The summed E-state index contributed by atoms with van der Waals surface area (Å²) in [5.41, 5.74) is 5.12. The molecule has 0 atom stereocenters. The Morgan fingerprint density at radius 3 is 2.22 bits per heavy atom. The van der Waals surface area contributed by atoms with Crippen molar-refractivity contribution in [3.63, 3.8) is 0 Å². The Morgan fingerprint density at radius 2 is 1.56 bits per heavy atom. The molecule has 0 unspecified atom stereocenters. The second-order valence-corrected chi connectivity index (χ2v) is 6.02. The van der Waals surface area contributed by atoms with E-state index in [1.807, 2.05) is 18.2 Å². The third-order valence-electron chi connectivity index (χ3n) is 3.14. The molecule has 2 aromatic rings. The van der Waals surface area contributed by atoms with Crippen molar-refractivity contribution in [2.24, 2.45) is 0 Å². The van der Waals surface area contributed by atoms with Gasteiger partial charge in [0.25, 0.3) is 0 Å². The molecule has 0 fully saturated rings. The quantitative estimate of drug-likeness (QED) is 0.760. The summed E-state index contributed by atoms with van der Waals surface area (Å²) in [6.45, 7) is 5.14. The maximum Gasteiger partial charge on any atom is 0.0631 e. The van der Waals surface area contributed by atoms with Crippen LogP contribution in [-0.4, -0.2) is 0 Å². The van der Waals surface area contributed by atoms with Gasteiger partial charge in [0.15, 0.2) is 0 Å². The van der Waals surface area contributed by atoms with Crippen LogP contribution in [0.4, 0.5) is 5.69 Å². The van der Waals surface area contributed by atoms with Gasteiger partial charge in [-0.25, -0.2) is 0 Å². The van der Waals surface area contributed by atoms with Gasteiger partial charge in [0, 0.05) is 15.5 Å². The van der Waals surface area contributed by atoms with Gasteiger partial charge in [-0.2, -0.15) is 0 Å². The molecule has 2 rings (SSSR count). The number of benzene rings is 2. The molecule has 0 aliphatic rings. The van der Waals surface area contributed by atoms with E-state index in [-0.39, 0.29) is 0 Å². The van der Waals surface area contributed by atoms with E-state index in [9.17, 15) is 0 Å². The molecular formula is C15H15Br2N. The third-order valence-corrected chi connectivity index (χ3v) is 4.46. The zero-order chi connectivity index (χ0) is 13.1. The summed E-state index contributed by atoms with van der Waals surface area (Å²) in [7, 11) is 0. The van der Waals surface area contributed by atoms with Crippen molar-refractivity contribution >= 4 is 37.5 Å². The molecule has 0 aliphatic heterocycles. The molecule has 0 radical (unpaired) electrons. The smallest absolute Gasteiger partial charge is 0.0631 e. The zero-order valence-electron chi connectivity index (χ0n) is 10.4. The van der Waals surface area contributed by atoms with Gasteiger partial charge in [-0.3, -0.25) is 0 Å². The maximum absolute atomic E-state index is 3.56. The fourth-order valence-electron chi connectivity index (χ4n) is 1.85. The van der Waals surface area contributed by atoms with Crippen LogP contribution >= 0.6 is 31.9 Å². The predicted molar refractivity (Wildman–Crippen MR) is 85.1 cm³/mol. The lowest BCUT2D eigenvalue weighted by Crippen LogP contribution is -2.03. The number of halogens is 2. The van der Waals surface area contributed by atoms with Crippen molar-refractivity contribution in [1.82, 2.24) is 0 Å². The van der Waals surface area contributed by atoms with Gasteiger partial charge in [0.1, 0.15) is 0 Å². The second-order valence-electron chi connectivity index (χ2n) is 4.31. The number of rotatable bonds is 3. The van der Waals surface area contributed by atoms with Crippen LogP contribution in [0, 0.1) is 13.8 Å². The molecule has 0 saturated heterocycles. The second kappa shape index (κ2) is 5.89. The monoisotopic (exact) mass is 367 g/mol. The van der Waals surface area contributed by atoms with Crippen LogP contribution in [0.15, 0.2) is 45.3 Å². The van der Waals surface area contributed by atoms with Crippen LogP contribution in [0.3, 0.4) is 0 Å². The molecule has 1 N–H and O–H groups in total. The largest absolute Gasteiger partial charge is 0.379 e. The lowest BCUT2D eigenvalue weighted by Gasteiger charge is -2.13. The van der Waals surface area contributed by atoms with Crippen molar-refractivity contribution in [2.45, 2.75) is 20.4 Å². The third kappa shape index (κ3) is 2.96. The molecule has 0 aromatic heterocycles. The summed E-state index contributed by atoms with van der Waals surface area (Å²) in [6.07, 6.45) is 0. The fourth-order valence-corrected chi connectivity index (χ4v) is 3.13. The molecule has 3 heteroatoms. The number of hydrogen-bond acceptors (Lipinski definition) is 1. The first-order valence-corrected chi connectivity index (χ1v) is 7.41. The first-order chi connectivity index (χ1) is 8.59. The summed E-state index contributed by atoms with van der Waals surface area (Å²) in [5.74, 6) is 0. The lowest BCUT2D eigenvalue weighted by molar-refractivity contribution is 1.10. The summed E-state index contributed by atoms with van der Waals surface area (Å²) in [5, 5.41) is 3.47. The van der Waals surface area contributed by atoms with Crippen molar-refractivity contribution in [3.8, 4) is 0 Å². The highest BCUT2D eigenvalue weighted by Crippen LogP contribution is 2.31. The minimum atomic E-state index is 0.828. The number of hydrogen-bond donors (Lipinski definition) is 1. The highest BCUT2D eigenvalue weighted by Gasteiger charge is 2.05. The molecule has 0 aliphatic carbocycles. The predicted octanol–water partition coefficient (Wildman–Crippen LogP) is 5.44. The molecule has 0 heterocycles. The summed E-state index contributed by atoms with van der Waals surface area (Å²) in [6, 6.07) is 12.5. The first-order valence-electron chi connectivity index (χ1n) is 5.82. The van der Waals surface area contributed by atoms with Gasteiger partial charge < -0.3 is 5.32 Å². The topological polar surface area (TPSA) is 12.0 Å². The Hall–Kier alpha value is -0.800. The van der Waals surface area contributed by atoms with Crippen LogP contribution in [0.25, 0.3) is 0 Å². The van der Waals surface area contributed by atoms with E-state index in [4.69, 9.17) is 0 Å². The Morgan fingerprint density at radius 1 is 0.944 bits per heavy atom. The van der Waals surface area contributed by atoms with Crippen molar-refractivity contribution in [1.29, 1.82) is 0 Å². The number of nitrogens with one attached hydrogen (secondary N) is 1. The summed E-state index contributed by atoms with van der Waals surface area (Å²) >= 11 is 7.12. The van der Waals surface area contributed by atoms with Gasteiger partial charge >= 0.3 is 0 Å². The summed E-state index contributed by atoms with van der Waals surface area (Å²) < 4.78 is 2.14. The van der Waals surface area contributed by atoms with Gasteiger partial charge in [0.05, 0.1) is 5.69 Å². The van der Waals surface area contributed by atoms with E-state index in [2.05, 4.69) is 69.2 Å². The Bertz CT molecular complexity index is 544. The molecule has 0 saturated carbocycles. The van der Waals surface area contributed by atoms with Crippen LogP contribution in [0.1, 0.15) is 16.7 Å². The SMILES string of the molecule is Cc1cccc(CNc2c(Br)cccc2Br)c1C. The van der Waals surface area contributed by atoms with Crippen LogP contribution in [-0.2, 0) is 6.54 Å². The molecule has 94 valence electrons. The van der Waals surface area contributed by atoms with E-state index < -0.39 is 0 Å².